The smallest absolute Gasteiger partial charge is 0.163 e. The Hall–Kier alpha value is -1.36. The van der Waals surface area contributed by atoms with E-state index in [1.54, 1.807) is 0 Å². The lowest BCUT2D eigenvalue weighted by atomic mass is 10.1. The van der Waals surface area contributed by atoms with Crippen molar-refractivity contribution in [2.45, 2.75) is 19.3 Å². The van der Waals surface area contributed by atoms with Crippen LogP contribution in [0.4, 0.5) is 4.39 Å². The summed E-state index contributed by atoms with van der Waals surface area (Å²) in [6.07, 6.45) is 4.15. The van der Waals surface area contributed by atoms with Crippen LogP contribution < -0.4 is 0 Å². The van der Waals surface area contributed by atoms with Crippen LogP contribution in [0.15, 0.2) is 18.2 Å². The van der Waals surface area contributed by atoms with E-state index in [1.807, 2.05) is 0 Å². The zero-order valence-corrected chi connectivity index (χ0v) is 11.3. The third-order valence-corrected chi connectivity index (χ3v) is 3.16. The minimum Gasteiger partial charge on any atom is -0.508 e. The minimum absolute atomic E-state index is 0.0302. The van der Waals surface area contributed by atoms with E-state index in [4.69, 9.17) is 0 Å². The van der Waals surface area contributed by atoms with Crippen LogP contribution in [0.3, 0.4) is 0 Å². The molecular formula is C13H17FO3S. The molecule has 0 aliphatic carbocycles. The summed E-state index contributed by atoms with van der Waals surface area (Å²) in [7, 11) is -2.17. The van der Waals surface area contributed by atoms with Crippen LogP contribution in [0, 0.1) is 5.82 Å². The second kappa shape index (κ2) is 6.00. The van der Waals surface area contributed by atoms with Crippen molar-refractivity contribution in [3.63, 3.8) is 0 Å². The molecule has 0 saturated heterocycles. The zero-order chi connectivity index (χ0) is 13.8. The van der Waals surface area contributed by atoms with Gasteiger partial charge < -0.3 is 5.11 Å². The molecule has 1 aromatic carbocycles. The molecule has 1 rings (SSSR count). The number of aromatic hydroxyl groups is 1. The summed E-state index contributed by atoms with van der Waals surface area (Å²) >= 11 is 0. The van der Waals surface area contributed by atoms with Gasteiger partial charge in [0, 0.05) is 24.3 Å². The van der Waals surface area contributed by atoms with Crippen molar-refractivity contribution in [1.82, 2.24) is 0 Å². The Bertz CT molecular complexity index is 549. The van der Waals surface area contributed by atoms with Gasteiger partial charge in [0.25, 0.3) is 0 Å². The maximum atomic E-state index is 12.9. The molecule has 1 aromatic rings. The van der Waals surface area contributed by atoms with Crippen LogP contribution in [-0.4, -0.2) is 33.0 Å². The molecule has 1 N–H and O–H groups in total. The molecule has 0 aliphatic rings. The fourth-order valence-corrected chi connectivity index (χ4v) is 2.33. The third-order valence-electron chi connectivity index (χ3n) is 2.33. The lowest BCUT2D eigenvalue weighted by Gasteiger charge is -2.03. The van der Waals surface area contributed by atoms with Gasteiger partial charge in [0.1, 0.15) is 11.6 Å². The molecule has 18 heavy (non-hydrogen) atoms. The second-order valence-corrected chi connectivity index (χ2v) is 7.37. The zero-order valence-electron chi connectivity index (χ0n) is 10.5. The Morgan fingerprint density at radius 2 is 2.11 bits per heavy atom. The van der Waals surface area contributed by atoms with Gasteiger partial charge in [0.15, 0.2) is 5.78 Å². The standard InChI is InChI=1S/C13H17FO3S/c1-18(2,17)9-12(15)5-3-4-10-8-11(14)6-7-13(10)16/h6-9,16H,3-5H2,1-2H3. The molecule has 0 unspecified atom stereocenters. The molecule has 0 aliphatic heterocycles. The number of halogens is 1. The van der Waals surface area contributed by atoms with E-state index < -0.39 is 15.3 Å². The number of hydrogen-bond acceptors (Lipinski definition) is 3. The number of carbonyl (C=O) groups excluding carboxylic acids is 1. The van der Waals surface area contributed by atoms with Crippen molar-refractivity contribution in [3.8, 4) is 5.75 Å². The van der Waals surface area contributed by atoms with Crippen molar-refractivity contribution in [2.75, 3.05) is 12.5 Å². The highest BCUT2D eigenvalue weighted by Gasteiger charge is 2.05. The van der Waals surface area contributed by atoms with Crippen LogP contribution >= 0.6 is 0 Å². The predicted molar refractivity (Wildman–Crippen MR) is 72.1 cm³/mol. The van der Waals surface area contributed by atoms with Crippen molar-refractivity contribution in [2.24, 2.45) is 0 Å². The van der Waals surface area contributed by atoms with Crippen LogP contribution in [-0.2, 0) is 20.7 Å². The van der Waals surface area contributed by atoms with Crippen LogP contribution in [0.2, 0.25) is 0 Å². The van der Waals surface area contributed by atoms with E-state index in [9.17, 15) is 18.5 Å². The van der Waals surface area contributed by atoms with Gasteiger partial charge in [-0.15, -0.1) is 0 Å². The van der Waals surface area contributed by atoms with Crippen LogP contribution in [0.1, 0.15) is 18.4 Å². The summed E-state index contributed by atoms with van der Waals surface area (Å²) in [6.45, 7) is 0. The summed E-state index contributed by atoms with van der Waals surface area (Å²) < 4.78 is 24.3. The lowest BCUT2D eigenvalue weighted by molar-refractivity contribution is -0.112. The molecule has 0 atom stereocenters. The van der Waals surface area contributed by atoms with Crippen molar-refractivity contribution < 1.29 is 18.5 Å². The normalized spacial score (nSPS) is 11.3. The molecule has 0 fully saturated rings. The van der Waals surface area contributed by atoms with Gasteiger partial charge in [-0.2, -0.15) is 0 Å². The number of benzene rings is 1. The Morgan fingerprint density at radius 3 is 2.72 bits per heavy atom. The topological polar surface area (TPSA) is 54.4 Å². The number of phenolic OH excluding ortho intramolecular Hbond substituents is 1. The van der Waals surface area contributed by atoms with Gasteiger partial charge in [-0.3, -0.25) is 9.00 Å². The van der Waals surface area contributed by atoms with Gasteiger partial charge >= 0.3 is 0 Å². The first-order chi connectivity index (χ1) is 8.28. The molecule has 3 nitrogen and oxygen atoms in total. The Kier molecular flexibility index (Phi) is 4.90. The molecule has 100 valence electrons. The highest BCUT2D eigenvalue weighted by Crippen LogP contribution is 2.19. The SMILES string of the molecule is CS(C)(=O)=CC(=O)CCCc1cc(F)ccc1O. The maximum Gasteiger partial charge on any atom is 0.163 e. The molecule has 5 heteroatoms. The van der Waals surface area contributed by atoms with E-state index in [0.717, 1.165) is 0 Å². The average Bonchev–Trinajstić information content (AvgIpc) is 2.20. The van der Waals surface area contributed by atoms with Crippen LogP contribution in [0.5, 0.6) is 5.75 Å². The van der Waals surface area contributed by atoms with Gasteiger partial charge in [-0.05, 0) is 46.1 Å². The lowest BCUT2D eigenvalue weighted by Crippen LogP contribution is -2.08. The average molecular weight is 272 g/mol. The monoisotopic (exact) mass is 272 g/mol. The first-order valence-corrected chi connectivity index (χ1v) is 8.01. The quantitative estimate of drug-likeness (QED) is 0.831. The summed E-state index contributed by atoms with van der Waals surface area (Å²) in [5, 5.41) is 10.7. The second-order valence-electron chi connectivity index (χ2n) is 4.52. The van der Waals surface area contributed by atoms with E-state index in [1.165, 1.54) is 36.1 Å². The molecule has 0 bridgehead atoms. The molecular weight excluding hydrogens is 255 g/mol. The van der Waals surface area contributed by atoms with E-state index in [0.29, 0.717) is 18.4 Å². The van der Waals surface area contributed by atoms with Gasteiger partial charge in [0.2, 0.25) is 0 Å². The number of Topliss-reactive ketones (excluding diaryl/α,β-unsaturated/α-hetero) is 1. The number of carbonyl (C=O) groups is 1. The third kappa shape index (κ3) is 5.31. The first-order valence-electron chi connectivity index (χ1n) is 5.57. The maximum absolute atomic E-state index is 12.9. The molecule has 0 spiro atoms. The van der Waals surface area contributed by atoms with Gasteiger partial charge in [-0.25, -0.2) is 4.39 Å². The molecule has 0 aromatic heterocycles. The van der Waals surface area contributed by atoms with E-state index >= 15 is 0 Å². The molecule has 0 heterocycles. The molecule has 0 saturated carbocycles. The highest BCUT2D eigenvalue weighted by molar-refractivity contribution is 8.01. The number of phenols is 1. The Balaban J connectivity index is 2.55. The number of aryl methyl sites for hydroxylation is 1. The largest absolute Gasteiger partial charge is 0.508 e. The van der Waals surface area contributed by atoms with Crippen molar-refractivity contribution in [1.29, 1.82) is 0 Å². The first kappa shape index (κ1) is 14.7. The molecule has 0 amide bonds. The van der Waals surface area contributed by atoms with Crippen molar-refractivity contribution >= 4 is 20.7 Å². The molecule has 0 radical (unpaired) electrons. The number of ketones is 1. The highest BCUT2D eigenvalue weighted by atomic mass is 32.2. The van der Waals surface area contributed by atoms with E-state index in [2.05, 4.69) is 0 Å². The summed E-state index contributed by atoms with van der Waals surface area (Å²) in [6, 6.07) is 3.73. The fraction of sp³-hybridized carbons (Fsp3) is 0.385. The fourth-order valence-electron chi connectivity index (χ4n) is 1.58. The Labute approximate surface area is 107 Å². The predicted octanol–water partition coefficient (Wildman–Crippen LogP) is 1.77. The summed E-state index contributed by atoms with van der Waals surface area (Å²) in [5.41, 5.74) is 0.483. The van der Waals surface area contributed by atoms with Gasteiger partial charge in [-0.1, -0.05) is 0 Å². The van der Waals surface area contributed by atoms with E-state index in [-0.39, 0.29) is 18.0 Å². The Morgan fingerprint density at radius 1 is 1.44 bits per heavy atom. The minimum atomic E-state index is -2.17. The van der Waals surface area contributed by atoms with Crippen LogP contribution in [0.25, 0.3) is 0 Å². The van der Waals surface area contributed by atoms with Crippen molar-refractivity contribution in [3.05, 3.63) is 29.6 Å². The summed E-state index contributed by atoms with van der Waals surface area (Å²) in [4.78, 5) is 11.4. The number of hydrogen-bond donors (Lipinski definition) is 1. The number of rotatable bonds is 5. The summed E-state index contributed by atoms with van der Waals surface area (Å²) in [5.74, 6) is -0.561. The van der Waals surface area contributed by atoms with Gasteiger partial charge in [0.05, 0.1) is 0 Å².